The largest absolute Gasteiger partial charge is 1.00 e. The summed E-state index contributed by atoms with van der Waals surface area (Å²) in [4.78, 5) is 0. The molecular formula is C12H11Li. The van der Waals surface area contributed by atoms with Gasteiger partial charge in [0.05, 0.1) is 0 Å². The quantitative estimate of drug-likeness (QED) is 0.379. The Morgan fingerprint density at radius 1 is 1.08 bits per heavy atom. The van der Waals surface area contributed by atoms with Gasteiger partial charge in [0.25, 0.3) is 0 Å². The first kappa shape index (κ1) is 9.00. The fourth-order valence-corrected chi connectivity index (χ4v) is 2.21. The molecule has 0 saturated carbocycles. The van der Waals surface area contributed by atoms with Gasteiger partial charge in [0.2, 0.25) is 0 Å². The van der Waals surface area contributed by atoms with Crippen molar-refractivity contribution in [1.29, 1.82) is 0 Å². The van der Waals surface area contributed by atoms with Crippen molar-refractivity contribution in [3.63, 3.8) is 0 Å². The van der Waals surface area contributed by atoms with Gasteiger partial charge < -0.3 is 0 Å². The maximum atomic E-state index is 2.36. The molecule has 1 aliphatic rings. The van der Waals surface area contributed by atoms with Gasteiger partial charge in [0.15, 0.2) is 0 Å². The molecule has 0 heterocycles. The van der Waals surface area contributed by atoms with Crippen LogP contribution in [-0.2, 0) is 12.8 Å². The van der Waals surface area contributed by atoms with E-state index >= 15 is 0 Å². The second-order valence-corrected chi connectivity index (χ2v) is 3.63. The zero-order chi connectivity index (χ0) is 7.97. The smallest absolute Gasteiger partial charge is 0.168 e. The van der Waals surface area contributed by atoms with Crippen LogP contribution in [0.1, 0.15) is 17.5 Å². The van der Waals surface area contributed by atoms with Crippen LogP contribution in [0, 0.1) is 0 Å². The molecule has 0 aromatic heterocycles. The van der Waals surface area contributed by atoms with E-state index in [-0.39, 0.29) is 18.9 Å². The average molecular weight is 162 g/mol. The molecule has 0 nitrogen and oxygen atoms in total. The molecule has 0 unspecified atom stereocenters. The second kappa shape index (κ2) is 3.29. The second-order valence-electron chi connectivity index (χ2n) is 3.63. The summed E-state index contributed by atoms with van der Waals surface area (Å²) >= 11 is 0. The van der Waals surface area contributed by atoms with Crippen LogP contribution in [0.15, 0.2) is 30.3 Å². The molecule has 0 bridgehead atoms. The number of rotatable bonds is 0. The van der Waals surface area contributed by atoms with E-state index in [1.165, 1.54) is 30.0 Å². The molecule has 1 aliphatic carbocycles. The Hall–Kier alpha value is -0.573. The van der Waals surface area contributed by atoms with Gasteiger partial charge in [-0.15, -0.1) is 29.0 Å². The Labute approximate surface area is 90.5 Å². The van der Waals surface area contributed by atoms with E-state index in [4.69, 9.17) is 0 Å². The predicted molar refractivity (Wildman–Crippen MR) is 51.6 cm³/mol. The summed E-state index contributed by atoms with van der Waals surface area (Å²) in [6, 6.07) is 11.3. The van der Waals surface area contributed by atoms with Crippen LogP contribution in [0.4, 0.5) is 0 Å². The molecule has 13 heavy (non-hydrogen) atoms. The maximum Gasteiger partial charge on any atom is 1.00 e. The van der Waals surface area contributed by atoms with Crippen molar-refractivity contribution < 1.29 is 18.9 Å². The first-order valence-corrected chi connectivity index (χ1v) is 4.61. The Morgan fingerprint density at radius 3 is 2.69 bits per heavy atom. The van der Waals surface area contributed by atoms with Gasteiger partial charge in [-0.05, 0) is 19.3 Å². The first-order valence-electron chi connectivity index (χ1n) is 4.61. The van der Waals surface area contributed by atoms with Crippen molar-refractivity contribution >= 4 is 10.8 Å². The van der Waals surface area contributed by atoms with Crippen LogP contribution in [0.5, 0.6) is 0 Å². The van der Waals surface area contributed by atoms with Gasteiger partial charge in [0, 0.05) is 0 Å². The molecule has 0 N–H and O–H groups in total. The van der Waals surface area contributed by atoms with Gasteiger partial charge in [-0.3, -0.25) is 0 Å². The summed E-state index contributed by atoms with van der Waals surface area (Å²) in [5.41, 5.74) is 3.16. The average Bonchev–Trinajstić information content (AvgIpc) is 2.64. The Bertz CT molecular complexity index is 388. The maximum absolute atomic E-state index is 2.36. The number of fused-ring (bicyclic) bond motifs is 2. The van der Waals surface area contributed by atoms with Crippen LogP contribution in [-0.4, -0.2) is 0 Å². The van der Waals surface area contributed by atoms with E-state index in [1.807, 2.05) is 0 Å². The van der Waals surface area contributed by atoms with Crippen molar-refractivity contribution in [2.45, 2.75) is 19.3 Å². The molecule has 0 fully saturated rings. The van der Waals surface area contributed by atoms with Crippen molar-refractivity contribution in [3.8, 4) is 0 Å². The van der Waals surface area contributed by atoms with Crippen LogP contribution >= 0.6 is 0 Å². The minimum Gasteiger partial charge on any atom is -0.168 e. The normalized spacial score (nSPS) is 14.2. The summed E-state index contributed by atoms with van der Waals surface area (Å²) in [7, 11) is 0. The molecule has 0 saturated heterocycles. The van der Waals surface area contributed by atoms with E-state index in [0.717, 1.165) is 0 Å². The molecule has 0 atom stereocenters. The summed E-state index contributed by atoms with van der Waals surface area (Å²) in [6.07, 6.45) is 3.93. The van der Waals surface area contributed by atoms with E-state index in [9.17, 15) is 0 Å². The predicted octanol–water partition coefficient (Wildman–Crippen LogP) is 0.0514. The van der Waals surface area contributed by atoms with Crippen molar-refractivity contribution in [3.05, 3.63) is 41.5 Å². The number of hydrogen-bond acceptors (Lipinski definition) is 0. The Kier molecular flexibility index (Phi) is 2.28. The standard InChI is InChI=1S/C12H11.Li/c1-3-9-7-11-5-2-6-12(11)8-10(9)4-1;/h1,3-4,7-8H,2,5-6H2;/q-1;+1. The molecular weight excluding hydrogens is 151 g/mol. The molecule has 1 heteroatoms. The summed E-state index contributed by atoms with van der Waals surface area (Å²) in [5, 5.41) is 2.83. The van der Waals surface area contributed by atoms with Gasteiger partial charge >= 0.3 is 18.9 Å². The molecule has 2 aromatic carbocycles. The number of aryl methyl sites for hydroxylation is 2. The van der Waals surface area contributed by atoms with Gasteiger partial charge in [-0.25, -0.2) is 0 Å². The Morgan fingerprint density at radius 2 is 1.85 bits per heavy atom. The minimum absolute atomic E-state index is 0. The van der Waals surface area contributed by atoms with Crippen LogP contribution in [0.3, 0.4) is 0 Å². The van der Waals surface area contributed by atoms with E-state index in [2.05, 4.69) is 30.3 Å². The summed E-state index contributed by atoms with van der Waals surface area (Å²) in [5.74, 6) is 0. The van der Waals surface area contributed by atoms with Crippen LogP contribution in [0.25, 0.3) is 10.8 Å². The number of hydrogen-bond donors (Lipinski definition) is 0. The Balaban J connectivity index is 0.000000653. The fourth-order valence-electron chi connectivity index (χ4n) is 2.21. The molecule has 0 amide bonds. The van der Waals surface area contributed by atoms with Crippen molar-refractivity contribution in [1.82, 2.24) is 0 Å². The number of benzene rings is 1. The van der Waals surface area contributed by atoms with Gasteiger partial charge in [-0.2, -0.15) is 12.1 Å². The molecule has 0 aliphatic heterocycles. The monoisotopic (exact) mass is 162 g/mol. The van der Waals surface area contributed by atoms with E-state index < -0.39 is 0 Å². The van der Waals surface area contributed by atoms with E-state index in [1.54, 1.807) is 11.1 Å². The fraction of sp³-hybridized carbons (Fsp3) is 0.250. The molecule has 0 spiro atoms. The molecule has 0 radical (unpaired) electrons. The molecule has 2 aromatic rings. The SMILES string of the molecule is [Li+].c1cc2cc3c(cc2[cH-]1)CCC3. The van der Waals surface area contributed by atoms with Crippen LogP contribution < -0.4 is 18.9 Å². The van der Waals surface area contributed by atoms with E-state index in [0.29, 0.717) is 0 Å². The van der Waals surface area contributed by atoms with Crippen molar-refractivity contribution in [2.75, 3.05) is 0 Å². The summed E-state index contributed by atoms with van der Waals surface area (Å²) in [6.45, 7) is 0. The zero-order valence-corrected chi connectivity index (χ0v) is 8.01. The third-order valence-corrected chi connectivity index (χ3v) is 2.85. The third-order valence-electron chi connectivity index (χ3n) is 2.85. The molecule has 3 rings (SSSR count). The molecule has 60 valence electrons. The topological polar surface area (TPSA) is 0 Å². The van der Waals surface area contributed by atoms with Gasteiger partial charge in [0.1, 0.15) is 0 Å². The third kappa shape index (κ3) is 1.35. The van der Waals surface area contributed by atoms with Crippen LogP contribution in [0.2, 0.25) is 0 Å². The van der Waals surface area contributed by atoms with Crippen molar-refractivity contribution in [2.24, 2.45) is 0 Å². The minimum atomic E-state index is 0. The van der Waals surface area contributed by atoms with Gasteiger partial charge in [-0.1, -0.05) is 11.1 Å². The summed E-state index contributed by atoms with van der Waals surface area (Å²) < 4.78 is 0. The first-order chi connectivity index (χ1) is 5.93. The zero-order valence-electron chi connectivity index (χ0n) is 8.01.